The first-order valence-corrected chi connectivity index (χ1v) is 6.16. The fourth-order valence-corrected chi connectivity index (χ4v) is 1.56. The Bertz CT molecular complexity index is 212. The van der Waals surface area contributed by atoms with E-state index in [1.54, 1.807) is 0 Å². The van der Waals surface area contributed by atoms with E-state index in [9.17, 15) is 4.79 Å². The lowest BCUT2D eigenvalue weighted by molar-refractivity contribution is -0.114. The Kier molecular flexibility index (Phi) is 9.69. The number of rotatable bonds is 11. The normalized spacial score (nSPS) is 9.75. The van der Waals surface area contributed by atoms with E-state index in [2.05, 4.69) is 19.7 Å². The Labute approximate surface area is 99.9 Å². The Hall–Kier alpha value is -1.11. The van der Waals surface area contributed by atoms with Gasteiger partial charge in [0, 0.05) is 6.42 Å². The third kappa shape index (κ3) is 9.45. The molecule has 0 rings (SSSR count). The zero-order chi connectivity index (χ0) is 12.2. The van der Waals surface area contributed by atoms with Crippen molar-refractivity contribution in [1.82, 2.24) is 0 Å². The molecule has 0 bridgehead atoms. The van der Waals surface area contributed by atoms with Gasteiger partial charge >= 0.3 is 0 Å². The van der Waals surface area contributed by atoms with Crippen molar-refractivity contribution in [3.63, 3.8) is 0 Å². The molecule has 0 unspecified atom stereocenters. The fourth-order valence-electron chi connectivity index (χ4n) is 1.56. The van der Waals surface area contributed by atoms with Crippen LogP contribution < -0.4 is 0 Å². The topological polar surface area (TPSA) is 17.1 Å². The van der Waals surface area contributed by atoms with Gasteiger partial charge < -0.3 is 0 Å². The van der Waals surface area contributed by atoms with Gasteiger partial charge in [0.2, 0.25) is 0 Å². The first-order chi connectivity index (χ1) is 7.70. The summed E-state index contributed by atoms with van der Waals surface area (Å²) in [5.74, 6) is 0.169. The van der Waals surface area contributed by atoms with Crippen molar-refractivity contribution < 1.29 is 4.79 Å². The number of allylic oxidation sites excluding steroid dienone is 3. The van der Waals surface area contributed by atoms with Crippen LogP contribution in [0.5, 0.6) is 0 Å². The molecule has 90 valence electrons. The van der Waals surface area contributed by atoms with E-state index < -0.39 is 0 Å². The molecular weight excluding hydrogens is 196 g/mol. The third-order valence-electron chi connectivity index (χ3n) is 2.69. The number of hydrogen-bond donors (Lipinski definition) is 0. The minimum atomic E-state index is 0.169. The maximum absolute atomic E-state index is 10.9. The molecule has 1 heteroatoms. The van der Waals surface area contributed by atoms with Crippen LogP contribution in [0.25, 0.3) is 0 Å². The molecule has 0 heterocycles. The second-order valence-corrected chi connectivity index (χ2v) is 4.15. The molecule has 0 aliphatic carbocycles. The van der Waals surface area contributed by atoms with E-state index in [-0.39, 0.29) is 5.78 Å². The Morgan fingerprint density at radius 3 is 1.81 bits per heavy atom. The minimum Gasteiger partial charge on any atom is -0.295 e. The smallest absolute Gasteiger partial charge is 0.155 e. The summed E-state index contributed by atoms with van der Waals surface area (Å²) in [6.45, 7) is 11.0. The highest BCUT2D eigenvalue weighted by molar-refractivity contribution is 5.88. The highest BCUT2D eigenvalue weighted by Gasteiger charge is 1.96. The quantitative estimate of drug-likeness (QED) is 0.282. The fraction of sp³-hybridized carbons (Fsp3) is 0.533. The SMILES string of the molecule is C=CC(=C)CCCCCCCCC(=O)C=C. The van der Waals surface area contributed by atoms with Crippen LogP contribution in [0.3, 0.4) is 0 Å². The highest BCUT2D eigenvalue weighted by atomic mass is 16.1. The van der Waals surface area contributed by atoms with Gasteiger partial charge in [-0.15, -0.1) is 0 Å². The number of carbonyl (C=O) groups is 1. The van der Waals surface area contributed by atoms with Gasteiger partial charge in [-0.25, -0.2) is 0 Å². The molecule has 0 radical (unpaired) electrons. The number of ketones is 1. The van der Waals surface area contributed by atoms with Crippen LogP contribution in [0.2, 0.25) is 0 Å². The summed E-state index contributed by atoms with van der Waals surface area (Å²) >= 11 is 0. The number of carbonyl (C=O) groups excluding carboxylic acids is 1. The van der Waals surface area contributed by atoms with Crippen molar-refractivity contribution in [1.29, 1.82) is 0 Å². The van der Waals surface area contributed by atoms with Gasteiger partial charge in [0.1, 0.15) is 0 Å². The molecule has 0 aromatic heterocycles. The highest BCUT2D eigenvalue weighted by Crippen LogP contribution is 2.11. The molecule has 0 amide bonds. The maximum Gasteiger partial charge on any atom is 0.155 e. The predicted octanol–water partition coefficient (Wildman–Crippen LogP) is 4.60. The summed E-state index contributed by atoms with van der Waals surface area (Å²) in [6.07, 6.45) is 12.1. The zero-order valence-electron chi connectivity index (χ0n) is 10.3. The van der Waals surface area contributed by atoms with Crippen LogP contribution in [0.4, 0.5) is 0 Å². The molecule has 0 aromatic carbocycles. The Morgan fingerprint density at radius 2 is 1.31 bits per heavy atom. The van der Waals surface area contributed by atoms with Gasteiger partial charge in [0.15, 0.2) is 5.78 Å². The molecule has 0 aliphatic heterocycles. The van der Waals surface area contributed by atoms with E-state index in [1.807, 2.05) is 6.08 Å². The van der Waals surface area contributed by atoms with Crippen molar-refractivity contribution in [2.45, 2.75) is 51.4 Å². The first kappa shape index (κ1) is 14.9. The van der Waals surface area contributed by atoms with Crippen LogP contribution in [-0.2, 0) is 4.79 Å². The molecule has 0 spiro atoms. The summed E-state index contributed by atoms with van der Waals surface area (Å²) in [7, 11) is 0. The summed E-state index contributed by atoms with van der Waals surface area (Å²) in [4.78, 5) is 10.9. The van der Waals surface area contributed by atoms with Crippen LogP contribution in [0.1, 0.15) is 51.4 Å². The molecule has 0 N–H and O–H groups in total. The van der Waals surface area contributed by atoms with Crippen molar-refractivity contribution in [3.05, 3.63) is 37.5 Å². The van der Waals surface area contributed by atoms with Crippen LogP contribution in [0.15, 0.2) is 37.5 Å². The number of hydrogen-bond acceptors (Lipinski definition) is 1. The molecule has 0 saturated heterocycles. The Balaban J connectivity index is 3.15. The standard InChI is InChI=1S/C15H24O/c1-4-14(3)12-10-8-6-7-9-11-13-15(16)5-2/h4-5H,1-3,6-13H2. The van der Waals surface area contributed by atoms with E-state index >= 15 is 0 Å². The summed E-state index contributed by atoms with van der Waals surface area (Å²) < 4.78 is 0. The zero-order valence-corrected chi connectivity index (χ0v) is 10.3. The van der Waals surface area contributed by atoms with Gasteiger partial charge in [-0.1, -0.05) is 57.1 Å². The molecule has 0 aromatic rings. The third-order valence-corrected chi connectivity index (χ3v) is 2.69. The van der Waals surface area contributed by atoms with E-state index in [1.165, 1.54) is 31.8 Å². The lowest BCUT2D eigenvalue weighted by Gasteiger charge is -2.01. The summed E-state index contributed by atoms with van der Waals surface area (Å²) in [5, 5.41) is 0. The first-order valence-electron chi connectivity index (χ1n) is 6.16. The van der Waals surface area contributed by atoms with Gasteiger partial charge in [-0.3, -0.25) is 4.79 Å². The van der Waals surface area contributed by atoms with E-state index in [4.69, 9.17) is 0 Å². The average molecular weight is 220 g/mol. The Morgan fingerprint density at radius 1 is 0.812 bits per heavy atom. The molecule has 0 aliphatic rings. The van der Waals surface area contributed by atoms with E-state index in [0.717, 1.165) is 24.8 Å². The van der Waals surface area contributed by atoms with Crippen molar-refractivity contribution in [2.75, 3.05) is 0 Å². The van der Waals surface area contributed by atoms with Crippen molar-refractivity contribution >= 4 is 5.78 Å². The maximum atomic E-state index is 10.9. The minimum absolute atomic E-state index is 0.169. The summed E-state index contributed by atoms with van der Waals surface area (Å²) in [6, 6.07) is 0. The lowest BCUT2D eigenvalue weighted by Crippen LogP contribution is -1.91. The van der Waals surface area contributed by atoms with Crippen LogP contribution >= 0.6 is 0 Å². The van der Waals surface area contributed by atoms with Gasteiger partial charge in [-0.05, 0) is 25.3 Å². The second kappa shape index (κ2) is 10.4. The molecular formula is C15H24O. The van der Waals surface area contributed by atoms with Crippen LogP contribution in [-0.4, -0.2) is 5.78 Å². The van der Waals surface area contributed by atoms with Gasteiger partial charge in [0.25, 0.3) is 0 Å². The van der Waals surface area contributed by atoms with Crippen molar-refractivity contribution in [2.24, 2.45) is 0 Å². The van der Waals surface area contributed by atoms with Crippen molar-refractivity contribution in [3.8, 4) is 0 Å². The van der Waals surface area contributed by atoms with Gasteiger partial charge in [0.05, 0.1) is 0 Å². The molecule has 0 fully saturated rings. The van der Waals surface area contributed by atoms with E-state index in [0.29, 0.717) is 6.42 Å². The molecule has 0 atom stereocenters. The number of unbranched alkanes of at least 4 members (excludes halogenated alkanes) is 5. The summed E-state index contributed by atoms with van der Waals surface area (Å²) in [5.41, 5.74) is 1.14. The van der Waals surface area contributed by atoms with Crippen LogP contribution in [0, 0.1) is 0 Å². The molecule has 16 heavy (non-hydrogen) atoms. The lowest BCUT2D eigenvalue weighted by atomic mass is 10.0. The second-order valence-electron chi connectivity index (χ2n) is 4.15. The largest absolute Gasteiger partial charge is 0.295 e. The predicted molar refractivity (Wildman–Crippen MR) is 71.5 cm³/mol. The average Bonchev–Trinajstić information content (AvgIpc) is 2.31. The van der Waals surface area contributed by atoms with Gasteiger partial charge in [-0.2, -0.15) is 0 Å². The molecule has 0 saturated carbocycles. The molecule has 1 nitrogen and oxygen atoms in total. The monoisotopic (exact) mass is 220 g/mol.